The van der Waals surface area contributed by atoms with Gasteiger partial charge in [-0.1, -0.05) is 74.5 Å². The summed E-state index contributed by atoms with van der Waals surface area (Å²) in [6.07, 6.45) is 0. The van der Waals surface area contributed by atoms with Crippen molar-refractivity contribution in [3.63, 3.8) is 0 Å². The van der Waals surface area contributed by atoms with Crippen molar-refractivity contribution < 1.29 is 0 Å². The van der Waals surface area contributed by atoms with Crippen molar-refractivity contribution in [1.82, 2.24) is 4.98 Å². The van der Waals surface area contributed by atoms with Gasteiger partial charge < -0.3 is 4.98 Å². The molecule has 0 radical (unpaired) electrons. The molecule has 0 fully saturated rings. The zero-order chi connectivity index (χ0) is 16.3. The lowest BCUT2D eigenvalue weighted by atomic mass is 9.80. The fraction of sp³-hybridized carbons (Fsp3) is 0.130. The fourth-order valence-corrected chi connectivity index (χ4v) is 4.22. The highest BCUT2D eigenvalue weighted by atomic mass is 14.7. The van der Waals surface area contributed by atoms with Gasteiger partial charge in [-0.3, -0.25) is 0 Å². The molecule has 1 aliphatic rings. The molecule has 1 aliphatic carbocycles. The van der Waals surface area contributed by atoms with Gasteiger partial charge >= 0.3 is 0 Å². The fourth-order valence-electron chi connectivity index (χ4n) is 4.22. The minimum Gasteiger partial charge on any atom is -0.354 e. The summed E-state index contributed by atoms with van der Waals surface area (Å²) in [5.74, 6) is 0. The Kier molecular flexibility index (Phi) is 2.62. The molecule has 0 aliphatic heterocycles. The van der Waals surface area contributed by atoms with Crippen LogP contribution in [0.3, 0.4) is 0 Å². The Balaban J connectivity index is 1.78. The van der Waals surface area contributed by atoms with Crippen molar-refractivity contribution in [3.8, 4) is 22.4 Å². The van der Waals surface area contributed by atoms with Crippen molar-refractivity contribution in [3.05, 3.63) is 83.9 Å². The Morgan fingerprint density at radius 3 is 2.33 bits per heavy atom. The van der Waals surface area contributed by atoms with E-state index in [9.17, 15) is 0 Å². The Hall–Kier alpha value is -2.80. The molecule has 0 atom stereocenters. The average Bonchev–Trinajstić information content (AvgIpc) is 3.10. The summed E-state index contributed by atoms with van der Waals surface area (Å²) in [5.41, 5.74) is 9.27. The van der Waals surface area contributed by atoms with Gasteiger partial charge in [0, 0.05) is 21.9 Å². The summed E-state index contributed by atoms with van der Waals surface area (Å²) in [7, 11) is 0. The minimum atomic E-state index is 0.00899. The second-order valence-electron chi connectivity index (χ2n) is 7.17. The predicted octanol–water partition coefficient (Wildman–Crippen LogP) is 6.14. The van der Waals surface area contributed by atoms with Gasteiger partial charge in [-0.25, -0.2) is 0 Å². The molecule has 1 nitrogen and oxygen atoms in total. The van der Waals surface area contributed by atoms with Gasteiger partial charge in [0.2, 0.25) is 0 Å². The topological polar surface area (TPSA) is 15.8 Å². The molecule has 5 rings (SSSR count). The van der Waals surface area contributed by atoms with Crippen LogP contribution in [0.25, 0.3) is 33.3 Å². The SMILES string of the molecule is CC1(C)c2cc(-c3ccccc3)ccc2-c2[nH]c3ccccc3c21. The number of benzene rings is 3. The lowest BCUT2D eigenvalue weighted by Crippen LogP contribution is -2.15. The summed E-state index contributed by atoms with van der Waals surface area (Å²) in [6, 6.07) is 26.1. The number of nitrogens with one attached hydrogen (secondary N) is 1. The average molecular weight is 309 g/mol. The minimum absolute atomic E-state index is 0.00899. The number of rotatable bonds is 1. The van der Waals surface area contributed by atoms with E-state index in [4.69, 9.17) is 0 Å². The molecule has 1 aromatic heterocycles. The van der Waals surface area contributed by atoms with Crippen LogP contribution in [-0.4, -0.2) is 4.98 Å². The van der Waals surface area contributed by atoms with E-state index in [0.29, 0.717) is 0 Å². The quantitative estimate of drug-likeness (QED) is 0.434. The van der Waals surface area contributed by atoms with Gasteiger partial charge in [0.1, 0.15) is 0 Å². The Labute approximate surface area is 142 Å². The molecule has 0 saturated heterocycles. The van der Waals surface area contributed by atoms with Crippen molar-refractivity contribution >= 4 is 10.9 Å². The van der Waals surface area contributed by atoms with E-state index >= 15 is 0 Å². The summed E-state index contributed by atoms with van der Waals surface area (Å²) in [4.78, 5) is 3.65. The predicted molar refractivity (Wildman–Crippen MR) is 101 cm³/mol. The second-order valence-corrected chi connectivity index (χ2v) is 7.17. The number of hydrogen-bond acceptors (Lipinski definition) is 0. The van der Waals surface area contributed by atoms with E-state index in [1.165, 1.54) is 44.4 Å². The molecule has 1 heterocycles. The van der Waals surface area contributed by atoms with Crippen LogP contribution in [0.15, 0.2) is 72.8 Å². The number of aromatic nitrogens is 1. The molecule has 0 unspecified atom stereocenters. The number of aromatic amines is 1. The Morgan fingerprint density at radius 2 is 1.50 bits per heavy atom. The van der Waals surface area contributed by atoms with Gasteiger partial charge in [-0.2, -0.15) is 0 Å². The number of hydrogen-bond donors (Lipinski definition) is 1. The molecule has 0 spiro atoms. The maximum Gasteiger partial charge on any atom is 0.0509 e. The zero-order valence-corrected chi connectivity index (χ0v) is 13.9. The first kappa shape index (κ1) is 13.6. The van der Waals surface area contributed by atoms with Crippen LogP contribution in [0, 0.1) is 0 Å². The van der Waals surface area contributed by atoms with Crippen molar-refractivity contribution in [2.45, 2.75) is 19.3 Å². The van der Waals surface area contributed by atoms with Crippen molar-refractivity contribution in [2.24, 2.45) is 0 Å². The lowest BCUT2D eigenvalue weighted by Gasteiger charge is -2.22. The van der Waals surface area contributed by atoms with E-state index in [1.54, 1.807) is 0 Å². The smallest absolute Gasteiger partial charge is 0.0509 e. The highest BCUT2D eigenvalue weighted by Gasteiger charge is 2.38. The molecule has 24 heavy (non-hydrogen) atoms. The normalized spacial score (nSPS) is 14.6. The number of fused-ring (bicyclic) bond motifs is 5. The molecule has 1 heteroatoms. The highest BCUT2D eigenvalue weighted by Crippen LogP contribution is 2.52. The second kappa shape index (κ2) is 4.61. The van der Waals surface area contributed by atoms with Crippen LogP contribution in [0.1, 0.15) is 25.0 Å². The Morgan fingerprint density at radius 1 is 0.750 bits per heavy atom. The first-order valence-electron chi connectivity index (χ1n) is 8.48. The maximum absolute atomic E-state index is 3.65. The van der Waals surface area contributed by atoms with E-state index in [1.807, 2.05) is 0 Å². The molecular weight excluding hydrogens is 290 g/mol. The van der Waals surface area contributed by atoms with E-state index in [2.05, 4.69) is 91.6 Å². The first-order valence-corrected chi connectivity index (χ1v) is 8.48. The third kappa shape index (κ3) is 1.70. The molecule has 0 saturated carbocycles. The lowest BCUT2D eigenvalue weighted by molar-refractivity contribution is 0.667. The maximum atomic E-state index is 3.65. The van der Waals surface area contributed by atoms with Crippen LogP contribution in [0.5, 0.6) is 0 Å². The molecule has 4 aromatic rings. The number of H-pyrrole nitrogens is 1. The van der Waals surface area contributed by atoms with Crippen molar-refractivity contribution in [1.29, 1.82) is 0 Å². The zero-order valence-electron chi connectivity index (χ0n) is 13.9. The molecule has 1 N–H and O–H groups in total. The third-order valence-corrected chi connectivity index (χ3v) is 5.40. The van der Waals surface area contributed by atoms with Crippen LogP contribution in [0.4, 0.5) is 0 Å². The summed E-state index contributed by atoms with van der Waals surface area (Å²) in [5, 5.41) is 1.34. The first-order chi connectivity index (χ1) is 11.7. The summed E-state index contributed by atoms with van der Waals surface area (Å²) in [6.45, 7) is 4.68. The monoisotopic (exact) mass is 309 g/mol. The van der Waals surface area contributed by atoms with Crippen LogP contribution < -0.4 is 0 Å². The van der Waals surface area contributed by atoms with Gasteiger partial charge in [-0.15, -0.1) is 0 Å². The van der Waals surface area contributed by atoms with Gasteiger partial charge in [0.05, 0.1) is 5.69 Å². The highest BCUT2D eigenvalue weighted by molar-refractivity contribution is 5.97. The van der Waals surface area contributed by atoms with Crippen LogP contribution in [0.2, 0.25) is 0 Å². The number of para-hydroxylation sites is 1. The van der Waals surface area contributed by atoms with E-state index < -0.39 is 0 Å². The van der Waals surface area contributed by atoms with Gasteiger partial charge in [0.25, 0.3) is 0 Å². The van der Waals surface area contributed by atoms with Gasteiger partial charge in [0.15, 0.2) is 0 Å². The van der Waals surface area contributed by atoms with E-state index in [0.717, 1.165) is 0 Å². The standard InChI is InChI=1S/C23H19N/c1-23(2)19-14-16(15-8-4-3-5-9-15)12-13-17(19)22-21(23)18-10-6-7-11-20(18)24-22/h3-14,24H,1-2H3. The van der Waals surface area contributed by atoms with Crippen LogP contribution in [-0.2, 0) is 5.41 Å². The largest absolute Gasteiger partial charge is 0.354 e. The molecule has 0 amide bonds. The molecule has 0 bridgehead atoms. The van der Waals surface area contributed by atoms with E-state index in [-0.39, 0.29) is 5.41 Å². The van der Waals surface area contributed by atoms with Crippen molar-refractivity contribution in [2.75, 3.05) is 0 Å². The molecule has 116 valence electrons. The van der Waals surface area contributed by atoms with Crippen LogP contribution >= 0.6 is 0 Å². The molecular formula is C23H19N. The summed E-state index contributed by atoms with van der Waals surface area (Å²) >= 11 is 0. The molecule has 3 aromatic carbocycles. The summed E-state index contributed by atoms with van der Waals surface area (Å²) < 4.78 is 0. The third-order valence-electron chi connectivity index (χ3n) is 5.40. The van der Waals surface area contributed by atoms with Gasteiger partial charge in [-0.05, 0) is 34.4 Å². The Bertz CT molecular complexity index is 1070.